The van der Waals surface area contributed by atoms with Gasteiger partial charge >= 0.3 is 24.1 Å². The number of methoxy groups -OCH3 is 1. The Hall–Kier alpha value is -3.14. The molecule has 0 saturated carbocycles. The maximum absolute atomic E-state index is 12.6. The highest BCUT2D eigenvalue weighted by Gasteiger charge is 2.25. The predicted molar refractivity (Wildman–Crippen MR) is 150 cm³/mol. The third-order valence-corrected chi connectivity index (χ3v) is 5.21. The zero-order valence-corrected chi connectivity index (χ0v) is 25.7. The Morgan fingerprint density at radius 3 is 1.90 bits per heavy atom. The van der Waals surface area contributed by atoms with Gasteiger partial charge in [0, 0.05) is 6.54 Å². The van der Waals surface area contributed by atoms with Crippen molar-refractivity contribution in [3.05, 3.63) is 23.8 Å². The quantitative estimate of drug-likeness (QED) is 0.251. The minimum Gasteiger partial charge on any atom is -0.468 e. The first-order chi connectivity index (χ1) is 18.4. The Labute approximate surface area is 238 Å². The first kappa shape index (κ1) is 34.9. The largest absolute Gasteiger partial charge is 0.508 e. The molecule has 0 aliphatic heterocycles. The standard InChI is InChI=1S/C30H47NO9/c1-19(2)18-37-28(35)38-20(3)17-31-22(27(34)36-10)13-21-11-12-23(39-25(32)15-29(4,5)6)24(14-21)40-26(33)16-30(7,8)9/h11-12,14,19-20,22,31H,13,15-18H2,1-10H3/t20?,22-/m0/s1. The Balaban J connectivity index is 3.08. The zero-order valence-electron chi connectivity index (χ0n) is 25.7. The van der Waals surface area contributed by atoms with Crippen LogP contribution in [0.15, 0.2) is 18.2 Å². The van der Waals surface area contributed by atoms with Crippen molar-refractivity contribution >= 4 is 24.1 Å². The van der Waals surface area contributed by atoms with Gasteiger partial charge in [-0.25, -0.2) is 4.79 Å². The molecule has 1 N–H and O–H groups in total. The lowest BCUT2D eigenvalue weighted by Crippen LogP contribution is -2.43. The normalized spacial score (nSPS) is 13.3. The maximum atomic E-state index is 12.6. The van der Waals surface area contributed by atoms with Crippen molar-refractivity contribution in [2.45, 2.75) is 93.7 Å². The Morgan fingerprint density at radius 2 is 1.40 bits per heavy atom. The van der Waals surface area contributed by atoms with E-state index in [1.54, 1.807) is 25.1 Å². The van der Waals surface area contributed by atoms with Crippen LogP contribution in [0.2, 0.25) is 0 Å². The van der Waals surface area contributed by atoms with E-state index in [4.69, 9.17) is 23.7 Å². The van der Waals surface area contributed by atoms with E-state index in [-0.39, 0.29) is 60.7 Å². The van der Waals surface area contributed by atoms with Gasteiger partial charge in [-0.1, -0.05) is 61.5 Å². The number of benzene rings is 1. The lowest BCUT2D eigenvalue weighted by molar-refractivity contribution is -0.143. The summed E-state index contributed by atoms with van der Waals surface area (Å²) in [5, 5.41) is 3.05. The molecule has 10 nitrogen and oxygen atoms in total. The molecule has 0 aliphatic rings. The van der Waals surface area contributed by atoms with Crippen molar-refractivity contribution in [2.75, 3.05) is 20.3 Å². The van der Waals surface area contributed by atoms with E-state index in [1.807, 2.05) is 55.4 Å². The number of esters is 3. The first-order valence-electron chi connectivity index (χ1n) is 13.6. The fourth-order valence-electron chi connectivity index (χ4n) is 3.43. The lowest BCUT2D eigenvalue weighted by Gasteiger charge is -2.21. The summed E-state index contributed by atoms with van der Waals surface area (Å²) < 4.78 is 26.4. The van der Waals surface area contributed by atoms with E-state index in [9.17, 15) is 19.2 Å². The summed E-state index contributed by atoms with van der Waals surface area (Å²) in [5.74, 6) is -1.08. The summed E-state index contributed by atoms with van der Waals surface area (Å²) in [4.78, 5) is 49.5. The molecule has 10 heteroatoms. The first-order valence-corrected chi connectivity index (χ1v) is 13.6. The summed E-state index contributed by atoms with van der Waals surface area (Å²) in [6, 6.07) is 4.00. The fourth-order valence-corrected chi connectivity index (χ4v) is 3.43. The molecule has 226 valence electrons. The van der Waals surface area contributed by atoms with Crippen LogP contribution < -0.4 is 14.8 Å². The van der Waals surface area contributed by atoms with Gasteiger partial charge in [0.1, 0.15) is 12.1 Å². The van der Waals surface area contributed by atoms with E-state index >= 15 is 0 Å². The van der Waals surface area contributed by atoms with Crippen LogP contribution in [0.25, 0.3) is 0 Å². The van der Waals surface area contributed by atoms with Crippen molar-refractivity contribution in [1.29, 1.82) is 0 Å². The molecule has 40 heavy (non-hydrogen) atoms. The minimum absolute atomic E-state index is 0.0854. The Kier molecular flexibility index (Phi) is 13.6. The number of hydrogen-bond donors (Lipinski definition) is 1. The number of hydrogen-bond acceptors (Lipinski definition) is 10. The number of nitrogens with one attached hydrogen (secondary N) is 1. The third-order valence-electron chi connectivity index (χ3n) is 5.21. The smallest absolute Gasteiger partial charge is 0.468 e. The van der Waals surface area contributed by atoms with E-state index in [1.165, 1.54) is 7.11 Å². The van der Waals surface area contributed by atoms with Gasteiger partial charge < -0.3 is 29.0 Å². The van der Waals surface area contributed by atoms with Crippen molar-refractivity contribution in [1.82, 2.24) is 5.32 Å². The topological polar surface area (TPSA) is 126 Å². The fraction of sp³-hybridized carbons (Fsp3) is 0.667. The number of carbonyl (C=O) groups is 4. The highest BCUT2D eigenvalue weighted by atomic mass is 16.7. The molecule has 0 aromatic heterocycles. The second kappa shape index (κ2) is 15.6. The van der Waals surface area contributed by atoms with Crippen molar-refractivity contribution in [2.24, 2.45) is 16.7 Å². The SMILES string of the molecule is COC(=O)[C@H](Cc1ccc(OC(=O)CC(C)(C)C)c(OC(=O)CC(C)(C)C)c1)NCC(C)OC(=O)OCC(C)C. The van der Waals surface area contributed by atoms with Gasteiger partial charge in [-0.2, -0.15) is 0 Å². The lowest BCUT2D eigenvalue weighted by atomic mass is 9.92. The van der Waals surface area contributed by atoms with Gasteiger partial charge in [0.05, 0.1) is 26.6 Å². The van der Waals surface area contributed by atoms with Gasteiger partial charge in [0.2, 0.25) is 0 Å². The average molecular weight is 566 g/mol. The Bertz CT molecular complexity index is 1010. The van der Waals surface area contributed by atoms with Crippen LogP contribution in [0.3, 0.4) is 0 Å². The van der Waals surface area contributed by atoms with Crippen LogP contribution in [0.1, 0.15) is 80.7 Å². The van der Waals surface area contributed by atoms with Gasteiger partial charge in [-0.15, -0.1) is 0 Å². The molecule has 0 fully saturated rings. The maximum Gasteiger partial charge on any atom is 0.508 e. The van der Waals surface area contributed by atoms with Crippen molar-refractivity contribution in [3.63, 3.8) is 0 Å². The van der Waals surface area contributed by atoms with E-state index in [0.717, 1.165) is 0 Å². The highest BCUT2D eigenvalue weighted by Crippen LogP contribution is 2.32. The van der Waals surface area contributed by atoms with E-state index < -0.39 is 36.2 Å². The van der Waals surface area contributed by atoms with Gasteiger partial charge in [-0.3, -0.25) is 14.4 Å². The zero-order chi connectivity index (χ0) is 30.7. The second-order valence-electron chi connectivity index (χ2n) is 12.8. The average Bonchev–Trinajstić information content (AvgIpc) is 2.79. The van der Waals surface area contributed by atoms with Crippen molar-refractivity contribution in [3.8, 4) is 11.5 Å². The van der Waals surface area contributed by atoms with Gasteiger partial charge in [0.25, 0.3) is 0 Å². The van der Waals surface area contributed by atoms with Crippen LogP contribution in [0.4, 0.5) is 4.79 Å². The van der Waals surface area contributed by atoms with Gasteiger partial charge in [-0.05, 0) is 47.8 Å². The summed E-state index contributed by atoms with van der Waals surface area (Å²) in [6.07, 6.45) is -0.876. The molecule has 1 aromatic rings. The van der Waals surface area contributed by atoms with Gasteiger partial charge in [0.15, 0.2) is 11.5 Å². The predicted octanol–water partition coefficient (Wildman–Crippen LogP) is 5.24. The van der Waals surface area contributed by atoms with Crippen LogP contribution in [0.5, 0.6) is 11.5 Å². The van der Waals surface area contributed by atoms with Crippen LogP contribution >= 0.6 is 0 Å². The second-order valence-corrected chi connectivity index (χ2v) is 12.8. The molecular weight excluding hydrogens is 518 g/mol. The Morgan fingerprint density at radius 1 is 0.850 bits per heavy atom. The van der Waals surface area contributed by atoms with Crippen LogP contribution in [0, 0.1) is 16.7 Å². The molecule has 0 bridgehead atoms. The van der Waals surface area contributed by atoms with Crippen molar-refractivity contribution < 1.29 is 42.9 Å². The molecular formula is C30H47NO9. The summed E-state index contributed by atoms with van der Waals surface area (Å²) >= 11 is 0. The molecule has 1 unspecified atom stereocenters. The summed E-state index contributed by atoms with van der Waals surface area (Å²) in [5.41, 5.74) is 0.0328. The number of carbonyl (C=O) groups excluding carboxylic acids is 4. The molecule has 2 atom stereocenters. The molecule has 0 radical (unpaired) electrons. The van der Waals surface area contributed by atoms with Crippen LogP contribution in [-0.4, -0.2) is 56.5 Å². The molecule has 0 spiro atoms. The van der Waals surface area contributed by atoms with E-state index in [0.29, 0.717) is 5.56 Å². The third kappa shape index (κ3) is 14.9. The molecule has 0 aliphatic carbocycles. The van der Waals surface area contributed by atoms with Crippen LogP contribution in [-0.2, 0) is 35.0 Å². The molecule has 0 amide bonds. The number of rotatable bonds is 13. The summed E-state index contributed by atoms with van der Waals surface area (Å²) in [7, 11) is 1.28. The summed E-state index contributed by atoms with van der Waals surface area (Å²) in [6.45, 7) is 17.4. The molecule has 0 heterocycles. The minimum atomic E-state index is -0.796. The molecule has 1 rings (SSSR count). The molecule has 0 saturated heterocycles. The van der Waals surface area contributed by atoms with E-state index in [2.05, 4.69) is 5.32 Å². The monoisotopic (exact) mass is 565 g/mol. The number of ether oxygens (including phenoxy) is 5. The molecule has 1 aromatic carbocycles. The highest BCUT2D eigenvalue weighted by molar-refractivity contribution is 5.78.